The summed E-state index contributed by atoms with van der Waals surface area (Å²) in [6.45, 7) is 0. The molecular formula is C15H13NO. The van der Waals surface area contributed by atoms with Crippen LogP contribution in [0.2, 0.25) is 0 Å². The van der Waals surface area contributed by atoms with Gasteiger partial charge in [0.1, 0.15) is 0 Å². The molecular weight excluding hydrogens is 210 g/mol. The van der Waals surface area contributed by atoms with Gasteiger partial charge in [0.25, 0.3) is 0 Å². The molecule has 2 heteroatoms. The highest BCUT2D eigenvalue weighted by Gasteiger charge is 2.30. The minimum atomic E-state index is 0.0555. The molecule has 0 saturated carbocycles. The number of fused-ring (bicyclic) bond motifs is 3. The second kappa shape index (κ2) is 3.74. The first-order chi connectivity index (χ1) is 8.33. The van der Waals surface area contributed by atoms with E-state index in [1.54, 1.807) is 4.90 Å². The fourth-order valence-corrected chi connectivity index (χ4v) is 2.63. The van der Waals surface area contributed by atoms with Crippen molar-refractivity contribution in [1.29, 1.82) is 0 Å². The van der Waals surface area contributed by atoms with Crippen LogP contribution in [0.1, 0.15) is 17.2 Å². The Hall–Kier alpha value is -2.09. The third-order valence-corrected chi connectivity index (χ3v) is 3.37. The van der Waals surface area contributed by atoms with Crippen molar-refractivity contribution in [2.24, 2.45) is 0 Å². The van der Waals surface area contributed by atoms with Crippen molar-refractivity contribution < 1.29 is 4.79 Å². The van der Waals surface area contributed by atoms with Gasteiger partial charge in [-0.3, -0.25) is 4.79 Å². The van der Waals surface area contributed by atoms with Crippen LogP contribution in [0.4, 0.5) is 0 Å². The molecule has 0 heterocycles. The zero-order valence-corrected chi connectivity index (χ0v) is 9.63. The van der Waals surface area contributed by atoms with Crippen LogP contribution >= 0.6 is 0 Å². The molecule has 2 nitrogen and oxygen atoms in total. The summed E-state index contributed by atoms with van der Waals surface area (Å²) < 4.78 is 0. The highest BCUT2D eigenvalue weighted by molar-refractivity contribution is 5.79. The predicted molar refractivity (Wildman–Crippen MR) is 67.5 cm³/mol. The molecule has 17 heavy (non-hydrogen) atoms. The normalized spacial score (nSPS) is 13.0. The van der Waals surface area contributed by atoms with Gasteiger partial charge in [0, 0.05) is 7.05 Å². The van der Waals surface area contributed by atoms with Gasteiger partial charge in [0.05, 0.1) is 6.04 Å². The number of nitrogens with zero attached hydrogens (tertiary/aromatic N) is 1. The summed E-state index contributed by atoms with van der Waals surface area (Å²) in [5, 5.41) is 0. The third kappa shape index (κ3) is 1.37. The molecule has 84 valence electrons. The Morgan fingerprint density at radius 3 is 1.88 bits per heavy atom. The minimum absolute atomic E-state index is 0.0555. The average molecular weight is 223 g/mol. The third-order valence-electron chi connectivity index (χ3n) is 3.37. The molecule has 0 fully saturated rings. The molecule has 0 aliphatic heterocycles. The van der Waals surface area contributed by atoms with Crippen molar-refractivity contribution in [2.75, 3.05) is 7.05 Å². The Labute approximate surface area is 100 Å². The second-order valence-electron chi connectivity index (χ2n) is 4.35. The lowest BCUT2D eigenvalue weighted by Gasteiger charge is -2.22. The van der Waals surface area contributed by atoms with E-state index in [1.165, 1.54) is 22.3 Å². The van der Waals surface area contributed by atoms with Gasteiger partial charge in [-0.05, 0) is 22.3 Å². The summed E-state index contributed by atoms with van der Waals surface area (Å²) in [6.07, 6.45) is 0.892. The summed E-state index contributed by atoms with van der Waals surface area (Å²) >= 11 is 0. The molecule has 3 rings (SSSR count). The van der Waals surface area contributed by atoms with Crippen LogP contribution in [0.15, 0.2) is 48.5 Å². The van der Waals surface area contributed by atoms with Gasteiger partial charge in [0.2, 0.25) is 6.41 Å². The Balaban J connectivity index is 2.27. The number of hydrogen-bond donors (Lipinski definition) is 0. The standard InChI is InChI=1S/C15H13NO/c1-16(10-17)15-13-8-4-2-6-11(13)12-7-3-5-9-14(12)15/h2-10,15H,1H3. The van der Waals surface area contributed by atoms with E-state index in [0.29, 0.717) is 0 Å². The van der Waals surface area contributed by atoms with Crippen LogP contribution < -0.4 is 0 Å². The van der Waals surface area contributed by atoms with E-state index in [0.717, 1.165) is 6.41 Å². The molecule has 0 bridgehead atoms. The van der Waals surface area contributed by atoms with Crippen LogP contribution in [0, 0.1) is 0 Å². The molecule has 0 spiro atoms. The number of carbonyl (C=O) groups excluding carboxylic acids is 1. The van der Waals surface area contributed by atoms with Gasteiger partial charge < -0.3 is 4.90 Å². The number of rotatable bonds is 2. The number of hydrogen-bond acceptors (Lipinski definition) is 1. The van der Waals surface area contributed by atoms with E-state index in [-0.39, 0.29) is 6.04 Å². The minimum Gasteiger partial charge on any atom is -0.337 e. The Morgan fingerprint density at radius 1 is 0.941 bits per heavy atom. The van der Waals surface area contributed by atoms with Gasteiger partial charge in [-0.2, -0.15) is 0 Å². The summed E-state index contributed by atoms with van der Waals surface area (Å²) in [5.41, 5.74) is 4.90. The first-order valence-electron chi connectivity index (χ1n) is 5.68. The molecule has 0 N–H and O–H groups in total. The molecule has 2 aromatic carbocycles. The van der Waals surface area contributed by atoms with Crippen LogP contribution in [0.3, 0.4) is 0 Å². The van der Waals surface area contributed by atoms with Gasteiger partial charge in [-0.15, -0.1) is 0 Å². The second-order valence-corrected chi connectivity index (χ2v) is 4.35. The first-order valence-corrected chi connectivity index (χ1v) is 5.68. The van der Waals surface area contributed by atoms with Crippen LogP contribution in [-0.2, 0) is 4.79 Å². The smallest absolute Gasteiger partial charge is 0.210 e. The molecule has 1 aliphatic rings. The molecule has 0 unspecified atom stereocenters. The topological polar surface area (TPSA) is 20.3 Å². The van der Waals surface area contributed by atoms with Crippen LogP contribution in [0.25, 0.3) is 11.1 Å². The predicted octanol–water partition coefficient (Wildman–Crippen LogP) is 2.84. The first kappa shape index (κ1) is 10.1. The Kier molecular flexibility index (Phi) is 2.22. The van der Waals surface area contributed by atoms with E-state index < -0.39 is 0 Å². The summed E-state index contributed by atoms with van der Waals surface area (Å²) in [6, 6.07) is 16.6. The molecule has 1 amide bonds. The number of carbonyl (C=O) groups is 1. The number of amides is 1. The van der Waals surface area contributed by atoms with Crippen LogP contribution in [0.5, 0.6) is 0 Å². The SMILES string of the molecule is CN(C=O)C1c2ccccc2-c2ccccc21. The van der Waals surface area contributed by atoms with Crippen molar-refractivity contribution in [1.82, 2.24) is 4.90 Å². The lowest BCUT2D eigenvalue weighted by Crippen LogP contribution is -2.22. The number of benzene rings is 2. The van der Waals surface area contributed by atoms with E-state index in [2.05, 4.69) is 24.3 Å². The van der Waals surface area contributed by atoms with E-state index in [4.69, 9.17) is 0 Å². The molecule has 0 atom stereocenters. The Bertz CT molecular complexity index is 531. The molecule has 1 aliphatic carbocycles. The fraction of sp³-hybridized carbons (Fsp3) is 0.133. The zero-order chi connectivity index (χ0) is 11.8. The quantitative estimate of drug-likeness (QED) is 0.717. The zero-order valence-electron chi connectivity index (χ0n) is 9.63. The lowest BCUT2D eigenvalue weighted by atomic mass is 10.0. The molecule has 2 aromatic rings. The highest BCUT2D eigenvalue weighted by Crippen LogP contribution is 2.45. The summed E-state index contributed by atoms with van der Waals surface area (Å²) in [7, 11) is 1.83. The Morgan fingerprint density at radius 2 is 1.41 bits per heavy atom. The van der Waals surface area contributed by atoms with Crippen molar-refractivity contribution in [3.8, 4) is 11.1 Å². The van der Waals surface area contributed by atoms with Crippen LogP contribution in [-0.4, -0.2) is 18.4 Å². The largest absolute Gasteiger partial charge is 0.337 e. The van der Waals surface area contributed by atoms with Crippen molar-refractivity contribution in [3.05, 3.63) is 59.7 Å². The summed E-state index contributed by atoms with van der Waals surface area (Å²) in [5.74, 6) is 0. The van der Waals surface area contributed by atoms with E-state index in [9.17, 15) is 4.79 Å². The fourth-order valence-electron chi connectivity index (χ4n) is 2.63. The highest BCUT2D eigenvalue weighted by atomic mass is 16.1. The van der Waals surface area contributed by atoms with Crippen molar-refractivity contribution >= 4 is 6.41 Å². The monoisotopic (exact) mass is 223 g/mol. The van der Waals surface area contributed by atoms with Gasteiger partial charge in [-0.1, -0.05) is 48.5 Å². The maximum atomic E-state index is 11.0. The van der Waals surface area contributed by atoms with Gasteiger partial charge in [-0.25, -0.2) is 0 Å². The maximum Gasteiger partial charge on any atom is 0.210 e. The van der Waals surface area contributed by atoms with Gasteiger partial charge in [0.15, 0.2) is 0 Å². The van der Waals surface area contributed by atoms with Crippen molar-refractivity contribution in [2.45, 2.75) is 6.04 Å². The molecule has 0 radical (unpaired) electrons. The summed E-state index contributed by atoms with van der Waals surface area (Å²) in [4.78, 5) is 12.8. The average Bonchev–Trinajstić information content (AvgIpc) is 2.72. The van der Waals surface area contributed by atoms with E-state index >= 15 is 0 Å². The maximum absolute atomic E-state index is 11.0. The molecule has 0 aromatic heterocycles. The molecule has 0 saturated heterocycles. The lowest BCUT2D eigenvalue weighted by molar-refractivity contribution is -0.118. The van der Waals surface area contributed by atoms with Crippen molar-refractivity contribution in [3.63, 3.8) is 0 Å². The van der Waals surface area contributed by atoms with E-state index in [1.807, 2.05) is 31.3 Å². The van der Waals surface area contributed by atoms with Gasteiger partial charge >= 0.3 is 0 Å².